The highest BCUT2D eigenvalue weighted by Crippen LogP contribution is 2.38. The predicted octanol–water partition coefficient (Wildman–Crippen LogP) is 1.58. The highest BCUT2D eigenvalue weighted by Gasteiger charge is 2.51. The van der Waals surface area contributed by atoms with Gasteiger partial charge in [-0.1, -0.05) is 18.5 Å². The summed E-state index contributed by atoms with van der Waals surface area (Å²) in [6.07, 6.45) is 2.13. The summed E-state index contributed by atoms with van der Waals surface area (Å²) in [7, 11) is -2.08. The number of amides is 1. The van der Waals surface area contributed by atoms with Gasteiger partial charge in [0.05, 0.1) is 17.4 Å². The van der Waals surface area contributed by atoms with Crippen LogP contribution in [0.2, 0.25) is 5.02 Å². The number of halogens is 1. The van der Waals surface area contributed by atoms with Crippen molar-refractivity contribution in [2.45, 2.75) is 43.5 Å². The molecule has 0 aromatic heterocycles. The average Bonchev–Trinajstić information content (AvgIpc) is 3.07. The standard InChI is InChI=1S/C19H27ClN4O4S/c1-11-7-12-10-21-23-18(12)17(8-11)29(26,27)24-6-5-15(24)19(25)22-13-3-4-16(28-2)14(20)9-13/h3-4,9,11-12,15,17-18,21,23H,5-8,10H2,1-2H3,(H,22,25)/t11?,12?,15-,17?,18?/m0/s1. The molecule has 4 rings (SSSR count). The fraction of sp³-hybridized carbons (Fsp3) is 0.632. The molecule has 2 heterocycles. The molecule has 0 spiro atoms. The monoisotopic (exact) mass is 442 g/mol. The number of rotatable bonds is 5. The number of carbonyl (C=O) groups is 1. The third-order valence-electron chi connectivity index (χ3n) is 6.28. The summed E-state index contributed by atoms with van der Waals surface area (Å²) in [5, 5.41) is 2.65. The van der Waals surface area contributed by atoms with Gasteiger partial charge in [0.2, 0.25) is 15.9 Å². The first-order valence-electron chi connectivity index (χ1n) is 9.94. The number of ether oxygens (including phenoxy) is 1. The van der Waals surface area contributed by atoms with Gasteiger partial charge >= 0.3 is 0 Å². The Kier molecular flexibility index (Phi) is 5.78. The van der Waals surface area contributed by atoms with Crippen LogP contribution in [0.4, 0.5) is 5.69 Å². The van der Waals surface area contributed by atoms with Crippen molar-refractivity contribution in [1.29, 1.82) is 0 Å². The Morgan fingerprint density at radius 3 is 2.79 bits per heavy atom. The van der Waals surface area contributed by atoms with Gasteiger partial charge in [0.15, 0.2) is 0 Å². The van der Waals surface area contributed by atoms with E-state index in [-0.39, 0.29) is 11.9 Å². The molecule has 5 atom stereocenters. The van der Waals surface area contributed by atoms with Crippen molar-refractivity contribution in [2.75, 3.05) is 25.5 Å². The van der Waals surface area contributed by atoms with Gasteiger partial charge in [-0.3, -0.25) is 15.6 Å². The molecule has 4 unspecified atom stereocenters. The Morgan fingerprint density at radius 1 is 1.34 bits per heavy atom. The third kappa shape index (κ3) is 3.86. The van der Waals surface area contributed by atoms with Gasteiger partial charge in [0.1, 0.15) is 11.8 Å². The fourth-order valence-corrected chi connectivity index (χ4v) is 7.47. The zero-order valence-electron chi connectivity index (χ0n) is 16.5. The lowest BCUT2D eigenvalue weighted by atomic mass is 9.79. The summed E-state index contributed by atoms with van der Waals surface area (Å²) < 4.78 is 33.3. The van der Waals surface area contributed by atoms with Crippen molar-refractivity contribution in [3.8, 4) is 5.75 Å². The van der Waals surface area contributed by atoms with E-state index < -0.39 is 21.3 Å². The lowest BCUT2D eigenvalue weighted by Crippen LogP contribution is -2.62. The van der Waals surface area contributed by atoms with Crippen molar-refractivity contribution in [2.24, 2.45) is 11.8 Å². The summed E-state index contributed by atoms with van der Waals surface area (Å²) in [5.74, 6) is 0.816. The second kappa shape index (κ2) is 8.03. The molecule has 0 bridgehead atoms. The van der Waals surface area contributed by atoms with Crippen molar-refractivity contribution >= 4 is 33.2 Å². The molecule has 10 heteroatoms. The lowest BCUT2D eigenvalue weighted by molar-refractivity contribution is -0.122. The van der Waals surface area contributed by atoms with Gasteiger partial charge in [-0.25, -0.2) is 8.42 Å². The van der Waals surface area contributed by atoms with Gasteiger partial charge in [0, 0.05) is 24.8 Å². The SMILES string of the molecule is COc1ccc(NC(=O)[C@@H]2CCN2S(=O)(=O)C2CC(C)CC3CNNC32)cc1Cl. The maximum atomic E-state index is 13.4. The molecule has 3 aliphatic rings. The average molecular weight is 443 g/mol. The fourth-order valence-electron chi connectivity index (χ4n) is 4.72. The minimum Gasteiger partial charge on any atom is -0.495 e. The molecule has 2 aliphatic heterocycles. The van der Waals surface area contributed by atoms with Crippen molar-refractivity contribution in [3.05, 3.63) is 23.2 Å². The van der Waals surface area contributed by atoms with Crippen molar-refractivity contribution in [3.63, 3.8) is 0 Å². The second-order valence-electron chi connectivity index (χ2n) is 8.22. The zero-order valence-corrected chi connectivity index (χ0v) is 18.1. The van der Waals surface area contributed by atoms with Crippen LogP contribution in [0.5, 0.6) is 5.75 Å². The Morgan fingerprint density at radius 2 is 2.14 bits per heavy atom. The maximum Gasteiger partial charge on any atom is 0.242 e. The van der Waals surface area contributed by atoms with Crippen LogP contribution in [-0.2, 0) is 14.8 Å². The highest BCUT2D eigenvalue weighted by molar-refractivity contribution is 7.89. The quantitative estimate of drug-likeness (QED) is 0.640. The normalized spacial score (nSPS) is 32.3. The van der Waals surface area contributed by atoms with Gasteiger partial charge in [0.25, 0.3) is 0 Å². The van der Waals surface area contributed by atoms with Crippen LogP contribution in [0.1, 0.15) is 26.2 Å². The third-order valence-corrected chi connectivity index (χ3v) is 8.92. The number of fused-ring (bicyclic) bond motifs is 1. The van der Waals surface area contributed by atoms with Gasteiger partial charge in [-0.2, -0.15) is 4.31 Å². The Balaban J connectivity index is 1.48. The summed E-state index contributed by atoms with van der Waals surface area (Å²) in [5.41, 5.74) is 6.78. The number of methoxy groups -OCH3 is 1. The second-order valence-corrected chi connectivity index (χ2v) is 10.7. The Labute approximate surface area is 176 Å². The number of nitrogens with one attached hydrogen (secondary N) is 3. The molecule has 3 fully saturated rings. The van der Waals surface area contributed by atoms with E-state index >= 15 is 0 Å². The molecule has 1 amide bonds. The number of sulfonamides is 1. The molecule has 1 aromatic rings. The minimum atomic E-state index is -3.59. The van der Waals surface area contributed by atoms with Crippen LogP contribution in [0.25, 0.3) is 0 Å². The largest absolute Gasteiger partial charge is 0.495 e. The molecule has 1 aliphatic carbocycles. The van der Waals surface area contributed by atoms with Crippen molar-refractivity contribution < 1.29 is 17.9 Å². The van der Waals surface area contributed by atoms with Gasteiger partial charge in [-0.05, 0) is 49.3 Å². The van der Waals surface area contributed by atoms with Crippen LogP contribution >= 0.6 is 11.6 Å². The first-order chi connectivity index (χ1) is 13.8. The minimum absolute atomic E-state index is 0.110. The summed E-state index contributed by atoms with van der Waals surface area (Å²) in [6, 6.07) is 4.14. The summed E-state index contributed by atoms with van der Waals surface area (Å²) in [6.45, 7) is 3.26. The Hall–Kier alpha value is -1.39. The molecule has 29 heavy (non-hydrogen) atoms. The van der Waals surface area contributed by atoms with E-state index in [4.69, 9.17) is 16.3 Å². The number of hydrogen-bond acceptors (Lipinski definition) is 6. The van der Waals surface area contributed by atoms with Crippen LogP contribution in [0, 0.1) is 11.8 Å². The van der Waals surface area contributed by atoms with Gasteiger partial charge in [-0.15, -0.1) is 0 Å². The van der Waals surface area contributed by atoms with Crippen molar-refractivity contribution in [1.82, 2.24) is 15.2 Å². The summed E-state index contributed by atoms with van der Waals surface area (Å²) >= 11 is 6.11. The Bertz CT molecular complexity index is 896. The molecule has 1 saturated carbocycles. The molecule has 160 valence electrons. The number of hydrazine groups is 1. The molecular weight excluding hydrogens is 416 g/mol. The zero-order chi connectivity index (χ0) is 20.8. The smallest absolute Gasteiger partial charge is 0.242 e. The van der Waals surface area contributed by atoms with E-state index in [0.29, 0.717) is 47.7 Å². The van der Waals surface area contributed by atoms with E-state index in [1.807, 2.05) is 0 Å². The maximum absolute atomic E-state index is 13.4. The number of nitrogens with zero attached hydrogens (tertiary/aromatic N) is 1. The first-order valence-corrected chi connectivity index (χ1v) is 11.8. The number of hydrogen-bond donors (Lipinski definition) is 3. The van der Waals surface area contributed by atoms with E-state index in [9.17, 15) is 13.2 Å². The molecule has 1 aromatic carbocycles. The number of anilines is 1. The van der Waals surface area contributed by atoms with E-state index in [2.05, 4.69) is 23.1 Å². The number of benzene rings is 1. The molecular formula is C19H27ClN4O4S. The van der Waals surface area contributed by atoms with E-state index in [0.717, 1.165) is 13.0 Å². The van der Waals surface area contributed by atoms with Crippen LogP contribution in [0.3, 0.4) is 0 Å². The topological polar surface area (TPSA) is 99.8 Å². The molecule has 8 nitrogen and oxygen atoms in total. The van der Waals surface area contributed by atoms with Crippen LogP contribution < -0.4 is 20.9 Å². The molecule has 2 saturated heterocycles. The van der Waals surface area contributed by atoms with Gasteiger partial charge < -0.3 is 10.1 Å². The van der Waals surface area contributed by atoms with E-state index in [1.54, 1.807) is 18.2 Å². The highest BCUT2D eigenvalue weighted by atomic mass is 35.5. The lowest BCUT2D eigenvalue weighted by Gasteiger charge is -2.44. The predicted molar refractivity (Wildman–Crippen MR) is 111 cm³/mol. The van der Waals surface area contributed by atoms with Crippen LogP contribution in [-0.4, -0.2) is 56.2 Å². The van der Waals surface area contributed by atoms with Crippen LogP contribution in [0.15, 0.2) is 18.2 Å². The summed E-state index contributed by atoms with van der Waals surface area (Å²) in [4.78, 5) is 12.8. The van der Waals surface area contributed by atoms with E-state index in [1.165, 1.54) is 11.4 Å². The molecule has 3 N–H and O–H groups in total. The molecule has 0 radical (unpaired) electrons. The number of carbonyl (C=O) groups excluding carboxylic acids is 1. The first kappa shape index (κ1) is 20.9.